The molecule has 3 heteroatoms. The summed E-state index contributed by atoms with van der Waals surface area (Å²) >= 11 is 0. The second-order valence-corrected chi connectivity index (χ2v) is 4.17. The van der Waals surface area contributed by atoms with E-state index in [-0.39, 0.29) is 17.8 Å². The van der Waals surface area contributed by atoms with Crippen molar-refractivity contribution in [2.24, 2.45) is 5.92 Å². The van der Waals surface area contributed by atoms with Crippen molar-refractivity contribution in [2.75, 3.05) is 18.5 Å². The first kappa shape index (κ1) is 12.0. The maximum Gasteiger partial charge on any atom is 0.123 e. The average molecular weight is 211 g/mol. The SMILES string of the molecule is CC(C)C(O)CN(C)c1ccc(F)cc1. The molecule has 0 fully saturated rings. The van der Waals surface area contributed by atoms with Crippen molar-refractivity contribution >= 4 is 5.69 Å². The predicted molar refractivity (Wildman–Crippen MR) is 60.5 cm³/mol. The van der Waals surface area contributed by atoms with Gasteiger partial charge in [0.05, 0.1) is 6.10 Å². The minimum atomic E-state index is -0.361. The fraction of sp³-hybridized carbons (Fsp3) is 0.500. The van der Waals surface area contributed by atoms with Crippen LogP contribution in [0.5, 0.6) is 0 Å². The molecule has 1 aromatic rings. The summed E-state index contributed by atoms with van der Waals surface area (Å²) in [5.41, 5.74) is 0.913. The molecule has 0 amide bonds. The molecule has 0 aliphatic rings. The lowest BCUT2D eigenvalue weighted by Gasteiger charge is -2.24. The molecule has 0 aliphatic carbocycles. The number of halogens is 1. The highest BCUT2D eigenvalue weighted by atomic mass is 19.1. The number of aliphatic hydroxyl groups is 1. The van der Waals surface area contributed by atoms with Gasteiger partial charge in [0.25, 0.3) is 0 Å². The van der Waals surface area contributed by atoms with Gasteiger partial charge in [-0.2, -0.15) is 0 Å². The van der Waals surface area contributed by atoms with Gasteiger partial charge in [0.2, 0.25) is 0 Å². The first-order valence-corrected chi connectivity index (χ1v) is 5.15. The molecule has 2 nitrogen and oxygen atoms in total. The van der Waals surface area contributed by atoms with Crippen molar-refractivity contribution in [1.29, 1.82) is 0 Å². The van der Waals surface area contributed by atoms with Gasteiger partial charge in [-0.3, -0.25) is 0 Å². The molecule has 0 bridgehead atoms. The van der Waals surface area contributed by atoms with Crippen LogP contribution < -0.4 is 4.90 Å². The summed E-state index contributed by atoms with van der Waals surface area (Å²) in [6, 6.07) is 6.27. The van der Waals surface area contributed by atoms with Gasteiger partial charge >= 0.3 is 0 Å². The molecule has 1 N–H and O–H groups in total. The van der Waals surface area contributed by atoms with Crippen LogP contribution in [0.2, 0.25) is 0 Å². The summed E-state index contributed by atoms with van der Waals surface area (Å²) < 4.78 is 12.7. The molecule has 0 aliphatic heterocycles. The maximum atomic E-state index is 12.7. The molecule has 1 atom stereocenters. The van der Waals surface area contributed by atoms with E-state index in [1.54, 1.807) is 12.1 Å². The predicted octanol–water partition coefficient (Wildman–Crippen LogP) is 2.28. The Bertz CT molecular complexity index is 297. The molecule has 1 aromatic carbocycles. The lowest BCUT2D eigenvalue weighted by atomic mass is 10.1. The summed E-state index contributed by atoms with van der Waals surface area (Å²) in [5.74, 6) is -0.00976. The normalized spacial score (nSPS) is 12.9. The minimum Gasteiger partial charge on any atom is -0.391 e. The summed E-state index contributed by atoms with van der Waals surface area (Å²) in [5, 5.41) is 9.70. The fourth-order valence-electron chi connectivity index (χ4n) is 1.29. The Morgan fingerprint density at radius 3 is 2.27 bits per heavy atom. The van der Waals surface area contributed by atoms with Gasteiger partial charge in [-0.1, -0.05) is 13.8 Å². The number of likely N-dealkylation sites (N-methyl/N-ethyl adjacent to an activating group) is 1. The number of rotatable bonds is 4. The molecule has 0 saturated heterocycles. The highest BCUT2D eigenvalue weighted by Crippen LogP contribution is 2.14. The molecule has 0 aromatic heterocycles. The van der Waals surface area contributed by atoms with Crippen LogP contribution >= 0.6 is 0 Å². The Labute approximate surface area is 90.3 Å². The third-order valence-electron chi connectivity index (χ3n) is 2.50. The van der Waals surface area contributed by atoms with Gasteiger partial charge in [-0.15, -0.1) is 0 Å². The third-order valence-corrected chi connectivity index (χ3v) is 2.50. The highest BCUT2D eigenvalue weighted by molar-refractivity contribution is 5.45. The van der Waals surface area contributed by atoms with E-state index in [4.69, 9.17) is 0 Å². The molecular weight excluding hydrogens is 193 g/mol. The maximum absolute atomic E-state index is 12.7. The Morgan fingerprint density at radius 1 is 1.27 bits per heavy atom. The second kappa shape index (κ2) is 5.12. The number of benzene rings is 1. The highest BCUT2D eigenvalue weighted by Gasteiger charge is 2.12. The quantitative estimate of drug-likeness (QED) is 0.826. The lowest BCUT2D eigenvalue weighted by Crippen LogP contribution is -2.32. The van der Waals surface area contributed by atoms with Crippen LogP contribution in [-0.2, 0) is 0 Å². The van der Waals surface area contributed by atoms with E-state index in [0.29, 0.717) is 6.54 Å². The Morgan fingerprint density at radius 2 is 1.80 bits per heavy atom. The zero-order valence-corrected chi connectivity index (χ0v) is 9.44. The number of hydrogen-bond acceptors (Lipinski definition) is 2. The summed E-state index contributed by atoms with van der Waals surface area (Å²) in [7, 11) is 1.89. The van der Waals surface area contributed by atoms with Gasteiger partial charge in [0.1, 0.15) is 5.82 Å². The van der Waals surface area contributed by atoms with Crippen LogP contribution in [0.4, 0.5) is 10.1 Å². The number of nitrogens with zero attached hydrogens (tertiary/aromatic N) is 1. The largest absolute Gasteiger partial charge is 0.391 e. The van der Waals surface area contributed by atoms with E-state index < -0.39 is 0 Å². The van der Waals surface area contributed by atoms with Crippen LogP contribution in [-0.4, -0.2) is 24.8 Å². The second-order valence-electron chi connectivity index (χ2n) is 4.17. The number of hydrogen-bond donors (Lipinski definition) is 1. The van der Waals surface area contributed by atoms with Crippen LogP contribution in [0.15, 0.2) is 24.3 Å². The van der Waals surface area contributed by atoms with Crippen molar-refractivity contribution in [1.82, 2.24) is 0 Å². The Balaban J connectivity index is 2.61. The topological polar surface area (TPSA) is 23.5 Å². The molecular formula is C12H18FNO. The third kappa shape index (κ3) is 3.51. The van der Waals surface area contributed by atoms with E-state index in [1.165, 1.54) is 12.1 Å². The number of anilines is 1. The Hall–Kier alpha value is -1.09. The molecule has 15 heavy (non-hydrogen) atoms. The van der Waals surface area contributed by atoms with Crippen LogP contribution in [0.25, 0.3) is 0 Å². The molecule has 84 valence electrons. The zero-order valence-electron chi connectivity index (χ0n) is 9.44. The van der Waals surface area contributed by atoms with Crippen molar-refractivity contribution in [2.45, 2.75) is 20.0 Å². The fourth-order valence-corrected chi connectivity index (χ4v) is 1.29. The van der Waals surface area contributed by atoms with Crippen LogP contribution in [0.1, 0.15) is 13.8 Å². The van der Waals surface area contributed by atoms with Gasteiger partial charge in [-0.05, 0) is 30.2 Å². The van der Waals surface area contributed by atoms with E-state index in [2.05, 4.69) is 0 Å². The number of aliphatic hydroxyl groups excluding tert-OH is 1. The lowest BCUT2D eigenvalue weighted by molar-refractivity contribution is 0.132. The van der Waals surface area contributed by atoms with Crippen molar-refractivity contribution in [3.63, 3.8) is 0 Å². The van der Waals surface area contributed by atoms with Crippen molar-refractivity contribution in [3.8, 4) is 0 Å². The monoisotopic (exact) mass is 211 g/mol. The van der Waals surface area contributed by atoms with Gasteiger partial charge < -0.3 is 10.0 Å². The van der Waals surface area contributed by atoms with Crippen molar-refractivity contribution in [3.05, 3.63) is 30.1 Å². The summed E-state index contributed by atoms with van der Waals surface area (Å²) in [4.78, 5) is 1.92. The van der Waals surface area contributed by atoms with Gasteiger partial charge in [0, 0.05) is 19.3 Å². The molecule has 1 unspecified atom stereocenters. The van der Waals surface area contributed by atoms with Gasteiger partial charge in [-0.25, -0.2) is 4.39 Å². The molecule has 0 heterocycles. The van der Waals surface area contributed by atoms with Gasteiger partial charge in [0.15, 0.2) is 0 Å². The van der Waals surface area contributed by atoms with Crippen molar-refractivity contribution < 1.29 is 9.50 Å². The van der Waals surface area contributed by atoms with E-state index in [0.717, 1.165) is 5.69 Å². The standard InChI is InChI=1S/C12H18FNO/c1-9(2)12(15)8-14(3)11-6-4-10(13)5-7-11/h4-7,9,12,15H,8H2,1-3H3. The average Bonchev–Trinajstić information content (AvgIpc) is 2.18. The molecule has 0 spiro atoms. The van der Waals surface area contributed by atoms with E-state index >= 15 is 0 Å². The van der Waals surface area contributed by atoms with E-state index in [9.17, 15) is 9.50 Å². The summed E-state index contributed by atoms with van der Waals surface area (Å²) in [6.07, 6.45) is -0.361. The van der Waals surface area contributed by atoms with Crippen LogP contribution in [0, 0.1) is 11.7 Å². The summed E-state index contributed by atoms with van der Waals surface area (Å²) in [6.45, 7) is 4.51. The minimum absolute atomic E-state index is 0.230. The molecule has 1 rings (SSSR count). The first-order valence-electron chi connectivity index (χ1n) is 5.15. The van der Waals surface area contributed by atoms with Crippen LogP contribution in [0.3, 0.4) is 0 Å². The first-order chi connectivity index (χ1) is 7.00. The zero-order chi connectivity index (χ0) is 11.4. The molecule has 0 saturated carbocycles. The van der Waals surface area contributed by atoms with E-state index in [1.807, 2.05) is 25.8 Å². The Kier molecular flexibility index (Phi) is 4.09. The molecule has 0 radical (unpaired) electrons. The smallest absolute Gasteiger partial charge is 0.123 e.